The molecular weight excluding hydrogens is 454 g/mol. The predicted molar refractivity (Wildman–Crippen MR) is 130 cm³/mol. The van der Waals surface area contributed by atoms with Crippen molar-refractivity contribution in [3.05, 3.63) is 0 Å². The number of aliphatic carboxylic acids is 1. The van der Waals surface area contributed by atoms with Gasteiger partial charge in [0.15, 0.2) is 5.75 Å². The molecule has 0 bridgehead atoms. The van der Waals surface area contributed by atoms with Gasteiger partial charge in [0.25, 0.3) is 0 Å². The third-order valence-corrected chi connectivity index (χ3v) is 12.2. The van der Waals surface area contributed by atoms with Crippen molar-refractivity contribution in [2.45, 2.75) is 97.2 Å². The second kappa shape index (κ2) is 9.64. The van der Waals surface area contributed by atoms with Crippen LogP contribution in [0.4, 0.5) is 0 Å². The number of rotatable bonds is 8. The standard InChI is InChI=1S/C26H45NO6S/c1-4-18-21-14-17(28)9-11-26(21,3)20-10-12-25(2)16(7-8-19(25)23(20)24(18)31)6-5-13-27-34(32,33)15-22(29)30/h16-21,23-24,27-28,31H,4-15H2,1-3H3,(H,29,30)/t16-,17+,18+,19-,20-,21-,23-,24+,25+,26+/m0/s1. The maximum Gasteiger partial charge on any atom is 0.320 e. The Morgan fingerprint density at radius 3 is 2.35 bits per heavy atom. The largest absolute Gasteiger partial charge is 0.480 e. The zero-order chi connectivity index (χ0) is 24.9. The highest BCUT2D eigenvalue weighted by Gasteiger charge is 2.64. The Bertz CT molecular complexity index is 863. The molecule has 4 saturated carbocycles. The molecule has 0 amide bonds. The number of sulfonamides is 1. The quantitative estimate of drug-likeness (QED) is 0.380. The minimum absolute atomic E-state index is 0.164. The van der Waals surface area contributed by atoms with Gasteiger partial charge in [0.1, 0.15) is 0 Å². The van der Waals surface area contributed by atoms with Crippen LogP contribution >= 0.6 is 0 Å². The topological polar surface area (TPSA) is 124 Å². The highest BCUT2D eigenvalue weighted by molar-refractivity contribution is 7.90. The maximum atomic E-state index is 11.8. The van der Waals surface area contributed by atoms with Gasteiger partial charge in [0, 0.05) is 6.54 Å². The molecule has 0 aromatic heterocycles. The molecule has 34 heavy (non-hydrogen) atoms. The molecule has 4 aliphatic rings. The molecule has 0 aromatic carbocycles. The van der Waals surface area contributed by atoms with Crippen molar-refractivity contribution in [1.29, 1.82) is 0 Å². The van der Waals surface area contributed by atoms with Crippen molar-refractivity contribution < 1.29 is 28.5 Å². The minimum Gasteiger partial charge on any atom is -0.480 e. The summed E-state index contributed by atoms with van der Waals surface area (Å²) >= 11 is 0. The molecule has 196 valence electrons. The van der Waals surface area contributed by atoms with Crippen LogP contribution in [0.25, 0.3) is 0 Å². The van der Waals surface area contributed by atoms with E-state index >= 15 is 0 Å². The lowest BCUT2D eigenvalue weighted by Crippen LogP contribution is -2.62. The van der Waals surface area contributed by atoms with Gasteiger partial charge in [-0.15, -0.1) is 0 Å². The van der Waals surface area contributed by atoms with Crippen molar-refractivity contribution in [2.24, 2.45) is 46.3 Å². The first-order chi connectivity index (χ1) is 15.9. The Hall–Kier alpha value is -0.700. The molecule has 7 nitrogen and oxygen atoms in total. The Labute approximate surface area is 205 Å². The van der Waals surface area contributed by atoms with E-state index in [2.05, 4.69) is 25.5 Å². The van der Waals surface area contributed by atoms with Gasteiger partial charge >= 0.3 is 5.97 Å². The summed E-state index contributed by atoms with van der Waals surface area (Å²) in [6.07, 6.45) is 9.38. The van der Waals surface area contributed by atoms with Crippen LogP contribution in [0.2, 0.25) is 0 Å². The fraction of sp³-hybridized carbons (Fsp3) is 0.962. The molecule has 0 aromatic rings. The van der Waals surface area contributed by atoms with Crippen molar-refractivity contribution >= 4 is 16.0 Å². The highest BCUT2D eigenvalue weighted by atomic mass is 32.2. The van der Waals surface area contributed by atoms with Gasteiger partial charge < -0.3 is 15.3 Å². The monoisotopic (exact) mass is 499 g/mol. The van der Waals surface area contributed by atoms with Crippen LogP contribution in [0.15, 0.2) is 0 Å². The highest BCUT2D eigenvalue weighted by Crippen LogP contribution is 2.69. The number of carbonyl (C=O) groups is 1. The summed E-state index contributed by atoms with van der Waals surface area (Å²) in [5, 5.41) is 30.9. The Kier molecular flexibility index (Phi) is 7.47. The van der Waals surface area contributed by atoms with Gasteiger partial charge in [0.2, 0.25) is 10.0 Å². The minimum atomic E-state index is -3.77. The van der Waals surface area contributed by atoms with Gasteiger partial charge in [-0.2, -0.15) is 0 Å². The number of hydrogen-bond acceptors (Lipinski definition) is 5. The molecule has 4 N–H and O–H groups in total. The second-order valence-electron chi connectivity index (χ2n) is 12.4. The number of carboxylic acids is 1. The average Bonchev–Trinajstić information content (AvgIpc) is 3.08. The van der Waals surface area contributed by atoms with Gasteiger partial charge in [-0.05, 0) is 104 Å². The summed E-state index contributed by atoms with van der Waals surface area (Å²) in [6, 6.07) is 0. The molecule has 0 spiro atoms. The summed E-state index contributed by atoms with van der Waals surface area (Å²) in [7, 11) is -3.77. The number of hydrogen-bond donors (Lipinski definition) is 4. The molecule has 0 saturated heterocycles. The molecular formula is C26H45NO6S. The number of aliphatic hydroxyl groups is 2. The lowest BCUT2D eigenvalue weighted by molar-refractivity contribution is -0.202. The van der Waals surface area contributed by atoms with E-state index in [0.29, 0.717) is 36.0 Å². The van der Waals surface area contributed by atoms with Gasteiger partial charge in [-0.1, -0.05) is 27.2 Å². The molecule has 4 rings (SSSR count). The van der Waals surface area contributed by atoms with Crippen LogP contribution in [0, 0.1) is 46.3 Å². The van der Waals surface area contributed by atoms with Crippen LogP contribution in [-0.2, 0) is 14.8 Å². The first-order valence-corrected chi connectivity index (χ1v) is 15.1. The Morgan fingerprint density at radius 2 is 1.68 bits per heavy atom. The third-order valence-electron chi connectivity index (χ3n) is 11.0. The molecule has 0 aliphatic heterocycles. The van der Waals surface area contributed by atoms with E-state index in [4.69, 9.17) is 5.11 Å². The molecule has 0 radical (unpaired) electrons. The summed E-state index contributed by atoms with van der Waals surface area (Å²) in [5.74, 6) is 0.273. The first kappa shape index (κ1) is 26.4. The van der Waals surface area contributed by atoms with E-state index < -0.39 is 21.7 Å². The van der Waals surface area contributed by atoms with E-state index in [9.17, 15) is 23.4 Å². The van der Waals surface area contributed by atoms with Crippen molar-refractivity contribution in [2.75, 3.05) is 12.3 Å². The molecule has 10 atom stereocenters. The van der Waals surface area contributed by atoms with Crippen molar-refractivity contribution in [3.8, 4) is 0 Å². The number of aliphatic hydroxyl groups excluding tert-OH is 2. The Morgan fingerprint density at radius 1 is 1.00 bits per heavy atom. The van der Waals surface area contributed by atoms with Crippen LogP contribution in [0.5, 0.6) is 0 Å². The second-order valence-corrected chi connectivity index (χ2v) is 14.2. The smallest absolute Gasteiger partial charge is 0.320 e. The third kappa shape index (κ3) is 4.57. The van der Waals surface area contributed by atoms with Gasteiger partial charge in [-0.25, -0.2) is 13.1 Å². The predicted octanol–water partition coefficient (Wildman–Crippen LogP) is 3.40. The van der Waals surface area contributed by atoms with E-state index in [1.54, 1.807) is 0 Å². The van der Waals surface area contributed by atoms with Gasteiger partial charge in [0.05, 0.1) is 12.2 Å². The van der Waals surface area contributed by atoms with Crippen LogP contribution in [0.1, 0.15) is 85.0 Å². The van der Waals surface area contributed by atoms with Crippen molar-refractivity contribution in [3.63, 3.8) is 0 Å². The van der Waals surface area contributed by atoms with Gasteiger partial charge in [-0.3, -0.25) is 4.79 Å². The number of fused-ring (bicyclic) bond motifs is 5. The first-order valence-electron chi connectivity index (χ1n) is 13.5. The molecule has 0 unspecified atom stereocenters. The summed E-state index contributed by atoms with van der Waals surface area (Å²) < 4.78 is 26.1. The van der Waals surface area contributed by atoms with E-state index in [1.807, 2.05) is 0 Å². The SMILES string of the molecule is CC[C@H]1[C@@H](O)[C@@H]2[C@H](CC[C@]3(C)[C@@H](CCCNS(=O)(=O)CC(=O)O)CC[C@@H]23)[C@@]2(C)CC[C@@H](O)C[C@@H]12. The fourth-order valence-electron chi connectivity index (χ4n) is 9.33. The normalized spacial score (nSPS) is 46.4. The molecule has 4 aliphatic carbocycles. The number of nitrogens with one attached hydrogen (secondary N) is 1. The molecule has 4 fully saturated rings. The Balaban J connectivity index is 1.45. The summed E-state index contributed by atoms with van der Waals surface area (Å²) in [4.78, 5) is 10.7. The number of carboxylic acid groups (broad SMARTS) is 1. The van der Waals surface area contributed by atoms with E-state index in [0.717, 1.165) is 57.8 Å². The lowest BCUT2D eigenvalue weighted by Gasteiger charge is -2.64. The maximum absolute atomic E-state index is 11.8. The van der Waals surface area contributed by atoms with E-state index in [-0.39, 0.29) is 35.5 Å². The fourth-order valence-corrected chi connectivity index (χ4v) is 10.2. The summed E-state index contributed by atoms with van der Waals surface area (Å²) in [6.45, 7) is 7.34. The van der Waals surface area contributed by atoms with Crippen molar-refractivity contribution in [1.82, 2.24) is 4.72 Å². The summed E-state index contributed by atoms with van der Waals surface area (Å²) in [5.41, 5.74) is 0.364. The molecule has 8 heteroatoms. The average molecular weight is 500 g/mol. The zero-order valence-corrected chi connectivity index (χ0v) is 21.9. The van der Waals surface area contributed by atoms with E-state index in [1.165, 1.54) is 0 Å². The van der Waals surface area contributed by atoms with Crippen LogP contribution < -0.4 is 4.72 Å². The lowest BCUT2D eigenvalue weighted by atomic mass is 9.41. The molecule has 0 heterocycles. The van der Waals surface area contributed by atoms with Crippen LogP contribution in [-0.4, -0.2) is 54.2 Å². The van der Waals surface area contributed by atoms with Crippen LogP contribution in [0.3, 0.4) is 0 Å². The zero-order valence-electron chi connectivity index (χ0n) is 21.1.